The zero-order valence-corrected chi connectivity index (χ0v) is 17.4. The van der Waals surface area contributed by atoms with E-state index in [-0.39, 0.29) is 22.5 Å². The molecule has 156 valence electrons. The molecular formula is C20H20ClN5O4. The fraction of sp³-hybridized carbons (Fsp3) is 0.200. The Kier molecular flexibility index (Phi) is 6.87. The minimum atomic E-state index is -0.497. The summed E-state index contributed by atoms with van der Waals surface area (Å²) in [5, 5.41) is 5.87. The lowest BCUT2D eigenvalue weighted by Gasteiger charge is -2.16. The second-order valence-corrected chi connectivity index (χ2v) is 6.19. The number of methoxy groups -OCH3 is 2. The van der Waals surface area contributed by atoms with Crippen LogP contribution in [-0.2, 0) is 0 Å². The lowest BCUT2D eigenvalue weighted by molar-refractivity contribution is 0.102. The Morgan fingerprint density at radius 1 is 1.03 bits per heavy atom. The van der Waals surface area contributed by atoms with E-state index in [4.69, 9.17) is 25.8 Å². The van der Waals surface area contributed by atoms with Crippen LogP contribution in [0.25, 0.3) is 0 Å². The third-order valence-electron chi connectivity index (χ3n) is 3.89. The molecule has 3 aromatic rings. The van der Waals surface area contributed by atoms with Crippen LogP contribution >= 0.6 is 11.6 Å². The first kappa shape index (κ1) is 21.1. The van der Waals surface area contributed by atoms with Gasteiger partial charge in [-0.3, -0.25) is 4.79 Å². The average molecular weight is 430 g/mol. The SMILES string of the molecule is CCOc1cccc(C(=O)Nc2nc(Cl)cnc2Nc2c(OC)cccc2OC)n1. The number of pyridine rings is 1. The molecule has 3 rings (SSSR count). The number of rotatable bonds is 8. The van der Waals surface area contributed by atoms with Gasteiger partial charge in [-0.2, -0.15) is 0 Å². The van der Waals surface area contributed by atoms with Gasteiger partial charge in [-0.15, -0.1) is 0 Å². The van der Waals surface area contributed by atoms with Crippen molar-refractivity contribution in [3.63, 3.8) is 0 Å². The van der Waals surface area contributed by atoms with Crippen molar-refractivity contribution in [2.24, 2.45) is 0 Å². The molecule has 10 heteroatoms. The third kappa shape index (κ3) is 4.87. The number of halogens is 1. The van der Waals surface area contributed by atoms with Crippen molar-refractivity contribution >= 4 is 34.8 Å². The highest BCUT2D eigenvalue weighted by atomic mass is 35.5. The molecule has 30 heavy (non-hydrogen) atoms. The molecule has 0 saturated heterocycles. The summed E-state index contributed by atoms with van der Waals surface area (Å²) >= 11 is 6.00. The fourth-order valence-electron chi connectivity index (χ4n) is 2.58. The Labute approximate surface area is 178 Å². The molecule has 2 heterocycles. The molecule has 9 nitrogen and oxygen atoms in total. The molecule has 2 aromatic heterocycles. The van der Waals surface area contributed by atoms with Gasteiger partial charge in [0, 0.05) is 6.07 Å². The number of benzene rings is 1. The summed E-state index contributed by atoms with van der Waals surface area (Å²) in [5.41, 5.74) is 0.676. The van der Waals surface area contributed by atoms with Crippen molar-refractivity contribution in [2.75, 3.05) is 31.5 Å². The van der Waals surface area contributed by atoms with Crippen molar-refractivity contribution in [3.8, 4) is 17.4 Å². The van der Waals surface area contributed by atoms with E-state index in [2.05, 4.69) is 25.6 Å². The standard InChI is InChI=1S/C20H20ClN5O4/c1-4-30-16-10-5-7-12(23-16)20(27)26-19-18(22-11-15(21)24-19)25-17-13(28-2)8-6-9-14(17)29-3/h5-11H,4H2,1-3H3,(H,22,25)(H,24,26,27). The van der Waals surface area contributed by atoms with Crippen LogP contribution in [0.3, 0.4) is 0 Å². The van der Waals surface area contributed by atoms with E-state index in [1.807, 2.05) is 6.92 Å². The number of nitrogens with zero attached hydrogens (tertiary/aromatic N) is 3. The Balaban J connectivity index is 1.92. The Morgan fingerprint density at radius 2 is 1.73 bits per heavy atom. The molecule has 0 unspecified atom stereocenters. The maximum atomic E-state index is 12.7. The fourth-order valence-corrected chi connectivity index (χ4v) is 2.71. The maximum Gasteiger partial charge on any atom is 0.275 e. The number of carbonyl (C=O) groups is 1. The first-order valence-corrected chi connectivity index (χ1v) is 9.35. The normalized spacial score (nSPS) is 10.3. The summed E-state index contributed by atoms with van der Waals surface area (Å²) in [6.45, 7) is 2.27. The molecule has 0 spiro atoms. The molecular weight excluding hydrogens is 410 g/mol. The van der Waals surface area contributed by atoms with E-state index in [1.54, 1.807) is 36.4 Å². The molecule has 0 aliphatic carbocycles. The first-order chi connectivity index (χ1) is 14.5. The van der Waals surface area contributed by atoms with Crippen LogP contribution in [0, 0.1) is 0 Å². The number of nitrogens with one attached hydrogen (secondary N) is 2. The van der Waals surface area contributed by atoms with Crippen molar-refractivity contribution in [1.29, 1.82) is 0 Å². The van der Waals surface area contributed by atoms with Gasteiger partial charge in [0.1, 0.15) is 28.0 Å². The van der Waals surface area contributed by atoms with Gasteiger partial charge in [0.05, 0.1) is 27.0 Å². The van der Waals surface area contributed by atoms with E-state index in [1.165, 1.54) is 20.4 Å². The van der Waals surface area contributed by atoms with Crippen molar-refractivity contribution < 1.29 is 19.0 Å². The number of hydrogen-bond donors (Lipinski definition) is 2. The predicted octanol–water partition coefficient (Wildman–Crippen LogP) is 3.94. The molecule has 0 bridgehead atoms. The minimum absolute atomic E-state index is 0.110. The summed E-state index contributed by atoms with van der Waals surface area (Å²) in [6.07, 6.45) is 1.36. The van der Waals surface area contributed by atoms with Crippen LogP contribution in [0.2, 0.25) is 5.15 Å². The average Bonchev–Trinajstić information content (AvgIpc) is 2.76. The van der Waals surface area contributed by atoms with Gasteiger partial charge in [-0.05, 0) is 25.1 Å². The highest BCUT2D eigenvalue weighted by Crippen LogP contribution is 2.37. The monoisotopic (exact) mass is 429 g/mol. The zero-order chi connectivity index (χ0) is 21.5. The van der Waals surface area contributed by atoms with Crippen LogP contribution in [0.1, 0.15) is 17.4 Å². The number of para-hydroxylation sites is 1. The predicted molar refractivity (Wildman–Crippen MR) is 113 cm³/mol. The van der Waals surface area contributed by atoms with Gasteiger partial charge in [0.15, 0.2) is 11.6 Å². The smallest absolute Gasteiger partial charge is 0.275 e. The van der Waals surface area contributed by atoms with E-state index in [0.717, 1.165) is 0 Å². The number of carbonyl (C=O) groups excluding carboxylic acids is 1. The van der Waals surface area contributed by atoms with E-state index < -0.39 is 5.91 Å². The number of aromatic nitrogens is 3. The van der Waals surface area contributed by atoms with Crippen LogP contribution in [0.4, 0.5) is 17.3 Å². The van der Waals surface area contributed by atoms with Gasteiger partial charge in [0.2, 0.25) is 5.88 Å². The second kappa shape index (κ2) is 9.75. The van der Waals surface area contributed by atoms with Crippen LogP contribution in [0.5, 0.6) is 17.4 Å². The quantitative estimate of drug-likeness (QED) is 0.554. The Bertz CT molecular complexity index is 1030. The molecule has 0 aliphatic rings. The zero-order valence-electron chi connectivity index (χ0n) is 16.6. The molecule has 0 aliphatic heterocycles. The Morgan fingerprint density at radius 3 is 2.40 bits per heavy atom. The molecule has 0 saturated carbocycles. The largest absolute Gasteiger partial charge is 0.494 e. The minimum Gasteiger partial charge on any atom is -0.494 e. The van der Waals surface area contributed by atoms with Gasteiger partial charge in [-0.25, -0.2) is 15.0 Å². The third-order valence-corrected chi connectivity index (χ3v) is 4.08. The first-order valence-electron chi connectivity index (χ1n) is 8.97. The number of hydrogen-bond acceptors (Lipinski definition) is 8. The number of amides is 1. The van der Waals surface area contributed by atoms with Gasteiger partial charge in [0.25, 0.3) is 5.91 Å². The van der Waals surface area contributed by atoms with Crippen molar-refractivity contribution in [1.82, 2.24) is 15.0 Å². The topological polar surface area (TPSA) is 107 Å². The summed E-state index contributed by atoms with van der Waals surface area (Å²) in [5.74, 6) is 1.26. The maximum absolute atomic E-state index is 12.7. The van der Waals surface area contributed by atoms with E-state index in [0.29, 0.717) is 29.7 Å². The molecule has 1 amide bonds. The number of ether oxygens (including phenoxy) is 3. The summed E-state index contributed by atoms with van der Waals surface area (Å²) in [4.78, 5) is 25.3. The molecule has 2 N–H and O–H groups in total. The van der Waals surface area contributed by atoms with E-state index in [9.17, 15) is 4.79 Å². The van der Waals surface area contributed by atoms with Crippen molar-refractivity contribution in [3.05, 3.63) is 53.4 Å². The number of anilines is 3. The molecule has 0 radical (unpaired) electrons. The second-order valence-electron chi connectivity index (χ2n) is 5.80. The molecule has 1 aromatic carbocycles. The highest BCUT2D eigenvalue weighted by molar-refractivity contribution is 6.29. The van der Waals surface area contributed by atoms with Crippen molar-refractivity contribution in [2.45, 2.75) is 6.92 Å². The molecule has 0 atom stereocenters. The Hall–Kier alpha value is -3.59. The van der Waals surface area contributed by atoms with E-state index >= 15 is 0 Å². The van der Waals surface area contributed by atoms with Gasteiger partial charge < -0.3 is 24.8 Å². The van der Waals surface area contributed by atoms with Gasteiger partial charge >= 0.3 is 0 Å². The van der Waals surface area contributed by atoms with Crippen LogP contribution in [-0.4, -0.2) is 41.7 Å². The summed E-state index contributed by atoms with van der Waals surface area (Å²) in [6, 6.07) is 10.2. The lowest BCUT2D eigenvalue weighted by atomic mass is 10.2. The molecule has 0 fully saturated rings. The summed E-state index contributed by atoms with van der Waals surface area (Å²) in [7, 11) is 3.07. The van der Waals surface area contributed by atoms with Gasteiger partial charge in [-0.1, -0.05) is 23.7 Å². The van der Waals surface area contributed by atoms with Crippen LogP contribution < -0.4 is 24.8 Å². The lowest BCUT2D eigenvalue weighted by Crippen LogP contribution is -2.17. The summed E-state index contributed by atoms with van der Waals surface area (Å²) < 4.78 is 16.1. The van der Waals surface area contributed by atoms with Crippen LogP contribution in [0.15, 0.2) is 42.6 Å². The highest BCUT2D eigenvalue weighted by Gasteiger charge is 2.17.